The first-order valence-electron chi connectivity index (χ1n) is 11.6. The summed E-state index contributed by atoms with van der Waals surface area (Å²) < 4.78 is 39.9. The summed E-state index contributed by atoms with van der Waals surface area (Å²) in [5.41, 5.74) is 0.0190. The molecule has 190 valence electrons. The molecule has 0 bridgehead atoms. The summed E-state index contributed by atoms with van der Waals surface area (Å²) in [6.45, 7) is -0.205. The first kappa shape index (κ1) is 25.7. The van der Waals surface area contributed by atoms with Crippen molar-refractivity contribution in [1.29, 1.82) is 0 Å². The lowest BCUT2D eigenvalue weighted by atomic mass is 9.85. The lowest BCUT2D eigenvalue weighted by Gasteiger charge is -2.28. The van der Waals surface area contributed by atoms with Crippen molar-refractivity contribution in [1.82, 2.24) is 20.3 Å². The SMILES string of the molecule is CNc1nc(NC2CCC(C(=O)NCc3ccc(Cl)cc3C(F)(F)F)CC2)nc(-c2ccccc2)n1. The Morgan fingerprint density at radius 2 is 1.69 bits per heavy atom. The normalized spacial score (nSPS) is 17.9. The number of hydrogen-bond acceptors (Lipinski definition) is 6. The molecule has 0 atom stereocenters. The lowest BCUT2D eigenvalue weighted by Crippen LogP contribution is -2.36. The van der Waals surface area contributed by atoms with Crippen molar-refractivity contribution in [2.75, 3.05) is 17.7 Å². The standard InChI is InChI=1S/C25H26ClF3N6O/c1-30-23-33-21(15-5-3-2-4-6-15)34-24(35-23)32-19-11-8-16(9-12-19)22(36)31-14-17-7-10-18(26)13-20(17)25(27,28)29/h2-7,10,13,16,19H,8-9,11-12,14H2,1H3,(H,31,36)(H2,30,32,33,34,35). The van der Waals surface area contributed by atoms with E-state index in [2.05, 4.69) is 30.9 Å². The zero-order chi connectivity index (χ0) is 25.7. The monoisotopic (exact) mass is 518 g/mol. The molecule has 3 N–H and O–H groups in total. The predicted octanol–water partition coefficient (Wildman–Crippen LogP) is 5.54. The minimum absolute atomic E-state index is 0.000807. The molecule has 1 saturated carbocycles. The van der Waals surface area contributed by atoms with Crippen LogP contribution >= 0.6 is 11.6 Å². The summed E-state index contributed by atoms with van der Waals surface area (Å²) in [5, 5.41) is 8.95. The molecule has 0 unspecified atom stereocenters. The molecule has 11 heteroatoms. The Morgan fingerprint density at radius 3 is 2.36 bits per heavy atom. The summed E-state index contributed by atoms with van der Waals surface area (Å²) in [7, 11) is 1.74. The second-order valence-corrected chi connectivity index (χ2v) is 9.07. The van der Waals surface area contributed by atoms with Crippen molar-refractivity contribution in [3.8, 4) is 11.4 Å². The Morgan fingerprint density at radius 1 is 1.00 bits per heavy atom. The molecule has 36 heavy (non-hydrogen) atoms. The number of alkyl halides is 3. The van der Waals surface area contributed by atoms with E-state index in [1.54, 1.807) is 7.05 Å². The largest absolute Gasteiger partial charge is 0.416 e. The third kappa shape index (κ3) is 6.42. The van der Waals surface area contributed by atoms with Gasteiger partial charge < -0.3 is 16.0 Å². The third-order valence-electron chi connectivity index (χ3n) is 6.15. The summed E-state index contributed by atoms with van der Waals surface area (Å²) in [6, 6.07) is 13.2. The van der Waals surface area contributed by atoms with Crippen LogP contribution in [0.4, 0.5) is 25.1 Å². The van der Waals surface area contributed by atoms with Crippen molar-refractivity contribution in [3.63, 3.8) is 0 Å². The molecule has 2 aromatic carbocycles. The lowest BCUT2D eigenvalue weighted by molar-refractivity contribution is -0.138. The van der Waals surface area contributed by atoms with Crippen LogP contribution in [0.5, 0.6) is 0 Å². The number of nitrogens with one attached hydrogen (secondary N) is 3. The van der Waals surface area contributed by atoms with Crippen LogP contribution in [0.25, 0.3) is 11.4 Å². The maximum Gasteiger partial charge on any atom is 0.416 e. The van der Waals surface area contributed by atoms with Crippen molar-refractivity contribution in [3.05, 3.63) is 64.7 Å². The maximum absolute atomic E-state index is 13.3. The van der Waals surface area contributed by atoms with E-state index in [-0.39, 0.29) is 35.0 Å². The van der Waals surface area contributed by atoms with E-state index < -0.39 is 11.7 Å². The molecule has 1 aliphatic rings. The molecule has 3 aromatic rings. The van der Waals surface area contributed by atoms with Gasteiger partial charge in [0.15, 0.2) is 5.82 Å². The number of aromatic nitrogens is 3. The topological polar surface area (TPSA) is 91.8 Å². The van der Waals surface area contributed by atoms with Crippen molar-refractivity contribution < 1.29 is 18.0 Å². The molecular formula is C25H26ClF3N6O. The highest BCUT2D eigenvalue weighted by Gasteiger charge is 2.34. The fourth-order valence-corrected chi connectivity index (χ4v) is 4.42. The first-order chi connectivity index (χ1) is 17.2. The van der Waals surface area contributed by atoms with Gasteiger partial charge in [0.1, 0.15) is 0 Å². The summed E-state index contributed by atoms with van der Waals surface area (Å²) in [6.07, 6.45) is -1.93. The zero-order valence-corrected chi connectivity index (χ0v) is 20.3. The van der Waals surface area contributed by atoms with Crippen LogP contribution in [0.3, 0.4) is 0 Å². The Kier molecular flexibility index (Phi) is 7.93. The number of hydrogen-bond donors (Lipinski definition) is 3. The van der Waals surface area contributed by atoms with Crippen LogP contribution in [0, 0.1) is 5.92 Å². The van der Waals surface area contributed by atoms with Gasteiger partial charge in [-0.05, 0) is 43.4 Å². The average molecular weight is 519 g/mol. The van der Waals surface area contributed by atoms with Gasteiger partial charge in [-0.3, -0.25) is 4.79 Å². The smallest absolute Gasteiger partial charge is 0.357 e. The Balaban J connectivity index is 1.34. The van der Waals surface area contributed by atoms with E-state index in [9.17, 15) is 18.0 Å². The van der Waals surface area contributed by atoms with Gasteiger partial charge in [0.2, 0.25) is 17.8 Å². The van der Waals surface area contributed by atoms with Crippen LogP contribution in [0.1, 0.15) is 36.8 Å². The highest BCUT2D eigenvalue weighted by molar-refractivity contribution is 6.30. The van der Waals surface area contributed by atoms with Crippen LogP contribution < -0.4 is 16.0 Å². The number of carbonyl (C=O) groups excluding carboxylic acids is 1. The van der Waals surface area contributed by atoms with E-state index in [1.165, 1.54) is 12.1 Å². The molecule has 0 spiro atoms. The summed E-state index contributed by atoms with van der Waals surface area (Å²) in [5.74, 6) is 0.922. The number of halogens is 4. The number of anilines is 2. The highest BCUT2D eigenvalue weighted by atomic mass is 35.5. The molecule has 1 fully saturated rings. The van der Waals surface area contributed by atoms with Gasteiger partial charge in [0.25, 0.3) is 0 Å². The summed E-state index contributed by atoms with van der Waals surface area (Å²) >= 11 is 5.73. The molecule has 0 aliphatic heterocycles. The minimum Gasteiger partial charge on any atom is -0.357 e. The Labute approximate surface area is 211 Å². The average Bonchev–Trinajstić information content (AvgIpc) is 2.88. The number of rotatable bonds is 7. The van der Waals surface area contributed by atoms with E-state index in [4.69, 9.17) is 11.6 Å². The van der Waals surface area contributed by atoms with E-state index in [1.807, 2.05) is 30.3 Å². The molecular weight excluding hydrogens is 493 g/mol. The first-order valence-corrected chi connectivity index (χ1v) is 12.0. The second-order valence-electron chi connectivity index (χ2n) is 8.63. The molecule has 7 nitrogen and oxygen atoms in total. The highest BCUT2D eigenvalue weighted by Crippen LogP contribution is 2.34. The van der Waals surface area contributed by atoms with E-state index >= 15 is 0 Å². The molecule has 1 heterocycles. The molecule has 0 radical (unpaired) electrons. The number of amides is 1. The van der Waals surface area contributed by atoms with Crippen LogP contribution in [-0.4, -0.2) is 33.9 Å². The van der Waals surface area contributed by atoms with E-state index in [0.29, 0.717) is 43.4 Å². The van der Waals surface area contributed by atoms with Crippen molar-refractivity contribution in [2.24, 2.45) is 5.92 Å². The fraction of sp³-hybridized carbons (Fsp3) is 0.360. The summed E-state index contributed by atoms with van der Waals surface area (Å²) in [4.78, 5) is 26.0. The van der Waals surface area contributed by atoms with Crippen LogP contribution in [-0.2, 0) is 17.5 Å². The number of nitrogens with zero attached hydrogens (tertiary/aromatic N) is 3. The van der Waals surface area contributed by atoms with Gasteiger partial charge in [-0.2, -0.15) is 28.1 Å². The van der Waals surface area contributed by atoms with Crippen molar-refractivity contribution >= 4 is 29.4 Å². The van der Waals surface area contributed by atoms with Crippen molar-refractivity contribution in [2.45, 2.75) is 44.4 Å². The van der Waals surface area contributed by atoms with Gasteiger partial charge in [-0.15, -0.1) is 0 Å². The number of carbonyl (C=O) groups is 1. The Hall–Kier alpha value is -3.40. The van der Waals surface area contributed by atoms with E-state index in [0.717, 1.165) is 11.6 Å². The molecule has 0 saturated heterocycles. The molecule has 1 aromatic heterocycles. The van der Waals surface area contributed by atoms with Crippen LogP contribution in [0.2, 0.25) is 5.02 Å². The van der Waals surface area contributed by atoms with Gasteiger partial charge in [0, 0.05) is 36.1 Å². The van der Waals surface area contributed by atoms with Gasteiger partial charge in [-0.1, -0.05) is 48.0 Å². The Bertz CT molecular complexity index is 1200. The zero-order valence-electron chi connectivity index (χ0n) is 19.6. The van der Waals surface area contributed by atoms with Gasteiger partial charge in [0.05, 0.1) is 5.56 Å². The molecule has 1 aliphatic carbocycles. The van der Waals surface area contributed by atoms with Gasteiger partial charge >= 0.3 is 6.18 Å². The quantitative estimate of drug-likeness (QED) is 0.380. The molecule has 1 amide bonds. The van der Waals surface area contributed by atoms with Gasteiger partial charge in [-0.25, -0.2) is 0 Å². The predicted molar refractivity (Wildman–Crippen MR) is 132 cm³/mol. The fourth-order valence-electron chi connectivity index (χ4n) is 4.24. The minimum atomic E-state index is -4.54. The molecule has 4 rings (SSSR count). The second kappa shape index (κ2) is 11.1. The number of benzene rings is 2. The third-order valence-corrected chi connectivity index (χ3v) is 6.39. The van der Waals surface area contributed by atoms with Crippen LogP contribution in [0.15, 0.2) is 48.5 Å². The maximum atomic E-state index is 13.3.